The van der Waals surface area contributed by atoms with Gasteiger partial charge in [0.1, 0.15) is 0 Å². The third-order valence-corrected chi connectivity index (χ3v) is 0.711. The predicted molar refractivity (Wildman–Crippen MR) is 35.0 cm³/mol. The third kappa shape index (κ3) is 4.87. The molecule has 0 aromatic carbocycles. The second kappa shape index (κ2) is 5.15. The van der Waals surface area contributed by atoms with Gasteiger partial charge in [0.2, 0.25) is 0 Å². The quantitative estimate of drug-likeness (QED) is 0.570. The van der Waals surface area contributed by atoms with Gasteiger partial charge in [0.05, 0.1) is 6.26 Å². The van der Waals surface area contributed by atoms with E-state index in [1.54, 1.807) is 6.08 Å². The van der Waals surface area contributed by atoms with Crippen molar-refractivity contribution in [1.29, 1.82) is 0 Å². The highest BCUT2D eigenvalue weighted by atomic mass is 16.5. The van der Waals surface area contributed by atoms with E-state index in [9.17, 15) is 4.79 Å². The SMILES string of the molecule is CC/C=C/OC(=O)NC. The van der Waals surface area contributed by atoms with E-state index >= 15 is 0 Å². The van der Waals surface area contributed by atoms with Gasteiger partial charge in [-0.25, -0.2) is 4.79 Å². The summed E-state index contributed by atoms with van der Waals surface area (Å²) in [6.07, 6.45) is 3.57. The van der Waals surface area contributed by atoms with Crippen molar-refractivity contribution in [2.45, 2.75) is 13.3 Å². The molecule has 0 spiro atoms. The van der Waals surface area contributed by atoms with E-state index < -0.39 is 6.09 Å². The fraction of sp³-hybridized carbons (Fsp3) is 0.500. The molecule has 52 valence electrons. The van der Waals surface area contributed by atoms with Crippen LogP contribution in [0, 0.1) is 0 Å². The molecule has 1 N–H and O–H groups in total. The van der Waals surface area contributed by atoms with Crippen molar-refractivity contribution in [3.05, 3.63) is 12.3 Å². The van der Waals surface area contributed by atoms with Gasteiger partial charge in [0.15, 0.2) is 0 Å². The molecule has 0 unspecified atom stereocenters. The van der Waals surface area contributed by atoms with E-state index in [4.69, 9.17) is 0 Å². The molecule has 0 saturated heterocycles. The normalized spacial score (nSPS) is 9.56. The first kappa shape index (κ1) is 8.01. The fourth-order valence-corrected chi connectivity index (χ4v) is 0.265. The highest BCUT2D eigenvalue weighted by Gasteiger charge is 1.89. The summed E-state index contributed by atoms with van der Waals surface area (Å²) in [5, 5.41) is 2.31. The Labute approximate surface area is 54.7 Å². The summed E-state index contributed by atoms with van der Waals surface area (Å²) in [5.41, 5.74) is 0. The smallest absolute Gasteiger partial charge is 0.411 e. The largest absolute Gasteiger partial charge is 0.419 e. The maximum absolute atomic E-state index is 10.3. The zero-order chi connectivity index (χ0) is 7.11. The number of ether oxygens (including phenoxy) is 1. The number of hydrogen-bond acceptors (Lipinski definition) is 2. The van der Waals surface area contributed by atoms with Crippen LogP contribution in [0.1, 0.15) is 13.3 Å². The minimum atomic E-state index is -0.431. The van der Waals surface area contributed by atoms with Gasteiger partial charge in [-0.15, -0.1) is 0 Å². The summed E-state index contributed by atoms with van der Waals surface area (Å²) in [5.74, 6) is 0. The molecular formula is C6H11NO2. The van der Waals surface area contributed by atoms with Crippen LogP contribution in [0.25, 0.3) is 0 Å². The first-order chi connectivity index (χ1) is 4.31. The summed E-state index contributed by atoms with van der Waals surface area (Å²) in [6, 6.07) is 0. The lowest BCUT2D eigenvalue weighted by Gasteiger charge is -1.93. The number of carbonyl (C=O) groups is 1. The Morgan fingerprint density at radius 1 is 1.78 bits per heavy atom. The maximum atomic E-state index is 10.3. The molecule has 0 bridgehead atoms. The van der Waals surface area contributed by atoms with Crippen molar-refractivity contribution in [2.75, 3.05) is 7.05 Å². The number of alkyl carbamates (subject to hydrolysis) is 1. The third-order valence-electron chi connectivity index (χ3n) is 0.711. The van der Waals surface area contributed by atoms with Gasteiger partial charge in [-0.1, -0.05) is 6.92 Å². The molecule has 9 heavy (non-hydrogen) atoms. The summed E-state index contributed by atoms with van der Waals surface area (Å²) in [6.45, 7) is 1.96. The Kier molecular flexibility index (Phi) is 4.59. The molecule has 0 aliphatic carbocycles. The van der Waals surface area contributed by atoms with Gasteiger partial charge in [-0.3, -0.25) is 0 Å². The molecule has 0 aromatic rings. The van der Waals surface area contributed by atoms with Crippen LogP contribution in [0.2, 0.25) is 0 Å². The van der Waals surface area contributed by atoms with Crippen LogP contribution in [-0.4, -0.2) is 13.1 Å². The lowest BCUT2D eigenvalue weighted by Crippen LogP contribution is -2.16. The van der Waals surface area contributed by atoms with Gasteiger partial charge in [0.25, 0.3) is 0 Å². The van der Waals surface area contributed by atoms with E-state index in [2.05, 4.69) is 10.1 Å². The van der Waals surface area contributed by atoms with Crippen LogP contribution < -0.4 is 5.32 Å². The molecule has 0 saturated carbocycles. The molecule has 0 aromatic heterocycles. The summed E-state index contributed by atoms with van der Waals surface area (Å²) in [7, 11) is 1.52. The van der Waals surface area contributed by atoms with Crippen molar-refractivity contribution >= 4 is 6.09 Å². The van der Waals surface area contributed by atoms with Crippen molar-refractivity contribution in [1.82, 2.24) is 5.32 Å². The summed E-state index contributed by atoms with van der Waals surface area (Å²) in [4.78, 5) is 10.3. The number of nitrogens with one attached hydrogen (secondary N) is 1. The highest BCUT2D eigenvalue weighted by Crippen LogP contribution is 1.81. The number of hydrogen-bond donors (Lipinski definition) is 1. The van der Waals surface area contributed by atoms with Crippen LogP contribution in [0.5, 0.6) is 0 Å². The van der Waals surface area contributed by atoms with Crippen LogP contribution in [0.15, 0.2) is 12.3 Å². The standard InChI is InChI=1S/C6H11NO2/c1-3-4-5-9-6(8)7-2/h4-5H,3H2,1-2H3,(H,7,8)/b5-4+. The zero-order valence-corrected chi connectivity index (χ0v) is 5.68. The average molecular weight is 129 g/mol. The second-order valence-corrected chi connectivity index (χ2v) is 1.44. The van der Waals surface area contributed by atoms with Crippen molar-refractivity contribution < 1.29 is 9.53 Å². The van der Waals surface area contributed by atoms with Crippen molar-refractivity contribution in [2.24, 2.45) is 0 Å². The topological polar surface area (TPSA) is 38.3 Å². The summed E-state index contributed by atoms with van der Waals surface area (Å²) >= 11 is 0. The zero-order valence-electron chi connectivity index (χ0n) is 5.68. The molecular weight excluding hydrogens is 118 g/mol. The Morgan fingerprint density at radius 2 is 2.44 bits per heavy atom. The van der Waals surface area contributed by atoms with Crippen LogP contribution in [-0.2, 0) is 4.74 Å². The number of amides is 1. The van der Waals surface area contributed by atoms with E-state index in [1.165, 1.54) is 13.3 Å². The minimum absolute atomic E-state index is 0.431. The highest BCUT2D eigenvalue weighted by molar-refractivity contribution is 5.67. The average Bonchev–Trinajstić information content (AvgIpc) is 1.89. The Bertz CT molecular complexity index is 110. The van der Waals surface area contributed by atoms with Gasteiger partial charge >= 0.3 is 6.09 Å². The number of allylic oxidation sites excluding steroid dienone is 1. The van der Waals surface area contributed by atoms with E-state index in [0.29, 0.717) is 0 Å². The molecule has 0 atom stereocenters. The molecule has 0 heterocycles. The molecule has 3 nitrogen and oxygen atoms in total. The van der Waals surface area contributed by atoms with Gasteiger partial charge < -0.3 is 10.1 Å². The van der Waals surface area contributed by atoms with Crippen molar-refractivity contribution in [3.63, 3.8) is 0 Å². The summed E-state index contributed by atoms with van der Waals surface area (Å²) < 4.78 is 4.50. The fourth-order valence-electron chi connectivity index (χ4n) is 0.265. The Morgan fingerprint density at radius 3 is 2.89 bits per heavy atom. The molecule has 0 aliphatic rings. The minimum Gasteiger partial charge on any atom is -0.419 e. The molecule has 3 heteroatoms. The number of rotatable bonds is 2. The lowest BCUT2D eigenvalue weighted by atomic mass is 10.5. The van der Waals surface area contributed by atoms with Crippen LogP contribution in [0.3, 0.4) is 0 Å². The monoisotopic (exact) mass is 129 g/mol. The second-order valence-electron chi connectivity index (χ2n) is 1.44. The van der Waals surface area contributed by atoms with Crippen LogP contribution in [0.4, 0.5) is 4.79 Å². The maximum Gasteiger partial charge on any atom is 0.411 e. The first-order valence-corrected chi connectivity index (χ1v) is 2.84. The van der Waals surface area contributed by atoms with Crippen molar-refractivity contribution in [3.8, 4) is 0 Å². The van der Waals surface area contributed by atoms with E-state index in [1.807, 2.05) is 6.92 Å². The van der Waals surface area contributed by atoms with Gasteiger partial charge in [0, 0.05) is 7.05 Å². The van der Waals surface area contributed by atoms with E-state index in [0.717, 1.165) is 6.42 Å². The molecule has 0 aliphatic heterocycles. The Balaban J connectivity index is 3.26. The van der Waals surface area contributed by atoms with E-state index in [-0.39, 0.29) is 0 Å². The first-order valence-electron chi connectivity index (χ1n) is 2.84. The molecule has 0 rings (SSSR count). The lowest BCUT2D eigenvalue weighted by molar-refractivity contribution is 0.188. The number of carbonyl (C=O) groups excluding carboxylic acids is 1. The van der Waals surface area contributed by atoms with Gasteiger partial charge in [-0.2, -0.15) is 0 Å². The Hall–Kier alpha value is -0.990. The predicted octanol–water partition coefficient (Wildman–Crippen LogP) is 1.27. The molecule has 0 fully saturated rings. The molecule has 0 radical (unpaired) electrons. The molecule has 1 amide bonds. The van der Waals surface area contributed by atoms with Crippen LogP contribution >= 0.6 is 0 Å². The van der Waals surface area contributed by atoms with Gasteiger partial charge in [-0.05, 0) is 12.5 Å².